The van der Waals surface area contributed by atoms with Gasteiger partial charge in [0.05, 0.1) is 11.9 Å². The van der Waals surface area contributed by atoms with Crippen LogP contribution in [0.25, 0.3) is 0 Å². The molecule has 9 heteroatoms. The molecule has 0 aromatic carbocycles. The van der Waals surface area contributed by atoms with E-state index in [0.717, 1.165) is 95.0 Å². The molecule has 7 rings (SSSR count). The molecule has 4 N–H and O–H groups in total. The summed E-state index contributed by atoms with van der Waals surface area (Å²) >= 11 is 0. The van der Waals surface area contributed by atoms with Gasteiger partial charge in [0.25, 0.3) is 0 Å². The van der Waals surface area contributed by atoms with Crippen LogP contribution in [0, 0.1) is 11.3 Å². The van der Waals surface area contributed by atoms with Crippen molar-refractivity contribution in [1.29, 1.82) is 0 Å². The third-order valence-electron chi connectivity index (χ3n) is 10.3. The third-order valence-corrected chi connectivity index (χ3v) is 10.3. The van der Waals surface area contributed by atoms with Crippen molar-refractivity contribution in [2.75, 3.05) is 50.1 Å². The van der Waals surface area contributed by atoms with Crippen LogP contribution in [0.2, 0.25) is 0 Å². The number of anilines is 2. The van der Waals surface area contributed by atoms with Crippen molar-refractivity contribution in [3.05, 3.63) is 34.9 Å². The van der Waals surface area contributed by atoms with Crippen molar-refractivity contribution < 1.29 is 0 Å². The minimum atomic E-state index is 0.0503. The van der Waals surface area contributed by atoms with E-state index in [1.54, 1.807) is 0 Å². The quantitative estimate of drug-likeness (QED) is 0.560. The minimum absolute atomic E-state index is 0.0503. The molecule has 1 aromatic rings. The first kappa shape index (κ1) is 24.5. The summed E-state index contributed by atoms with van der Waals surface area (Å²) in [5, 5.41) is 5.61. The van der Waals surface area contributed by atoms with E-state index in [0.29, 0.717) is 17.4 Å². The molecule has 204 valence electrons. The second-order valence-corrected chi connectivity index (χ2v) is 12.4. The molecule has 3 unspecified atom stereocenters. The Morgan fingerprint density at radius 3 is 2.71 bits per heavy atom. The maximum Gasteiger partial charge on any atom is 0.168 e. The van der Waals surface area contributed by atoms with E-state index in [2.05, 4.69) is 45.6 Å². The molecule has 0 radical (unpaired) electrons. The lowest BCUT2D eigenvalue weighted by Crippen LogP contribution is -2.48. The lowest BCUT2D eigenvalue weighted by atomic mass is 9.73. The molecule has 3 atom stereocenters. The maximum absolute atomic E-state index is 6.66. The molecule has 0 bridgehead atoms. The normalized spacial score (nSPS) is 31.2. The van der Waals surface area contributed by atoms with Crippen LogP contribution in [0.15, 0.2) is 34.2 Å². The Kier molecular flexibility index (Phi) is 6.21. The number of aliphatic imine (C=N–C) groups is 1. The highest BCUT2D eigenvalue weighted by Gasteiger charge is 2.46. The van der Waals surface area contributed by atoms with Crippen LogP contribution in [0.3, 0.4) is 0 Å². The number of hydrogen-bond donors (Lipinski definition) is 3. The van der Waals surface area contributed by atoms with Gasteiger partial charge in [0, 0.05) is 50.7 Å². The van der Waals surface area contributed by atoms with Gasteiger partial charge in [-0.2, -0.15) is 5.01 Å². The summed E-state index contributed by atoms with van der Waals surface area (Å²) in [5.74, 6) is 2.53. The van der Waals surface area contributed by atoms with Crippen LogP contribution in [0.1, 0.15) is 76.6 Å². The monoisotopic (exact) mass is 517 g/mol. The number of fused-ring (bicyclic) bond motifs is 1. The number of nitrogens with zero attached hydrogens (tertiary/aromatic N) is 6. The second kappa shape index (κ2) is 9.61. The number of hydrazine groups is 1. The Hall–Kier alpha value is -2.49. The van der Waals surface area contributed by atoms with E-state index in [4.69, 9.17) is 20.7 Å². The fourth-order valence-electron chi connectivity index (χ4n) is 7.92. The molecule has 2 fully saturated rings. The van der Waals surface area contributed by atoms with E-state index >= 15 is 0 Å². The largest absolute Gasteiger partial charge is 0.355 e. The summed E-state index contributed by atoms with van der Waals surface area (Å²) in [6.45, 7) is 7.41. The van der Waals surface area contributed by atoms with E-state index in [-0.39, 0.29) is 6.17 Å². The van der Waals surface area contributed by atoms with Crippen LogP contribution in [-0.4, -0.2) is 71.4 Å². The van der Waals surface area contributed by atoms with Gasteiger partial charge in [0.1, 0.15) is 17.7 Å². The summed E-state index contributed by atoms with van der Waals surface area (Å²) in [6.07, 6.45) is 14.6. The summed E-state index contributed by atoms with van der Waals surface area (Å²) < 4.78 is 0. The molecule has 1 aromatic heterocycles. The maximum atomic E-state index is 6.66. The predicted molar refractivity (Wildman–Crippen MR) is 152 cm³/mol. The minimum Gasteiger partial charge on any atom is -0.355 e. The Morgan fingerprint density at radius 1 is 1.08 bits per heavy atom. The Balaban J connectivity index is 1.10. The lowest BCUT2D eigenvalue weighted by Gasteiger charge is -2.43. The summed E-state index contributed by atoms with van der Waals surface area (Å²) in [4.78, 5) is 20.3. The standard InChI is InChI=1S/C29H43N9/c1-19-7-10-29(26(19)30)11-16-37(17-12-29)24-18-32-25-27(34-24)35-36(2)28(25)38-15-3-4-22-23(38)6-5-21(33-22)20-8-13-31-14-9-20/h8,18-19,26,28,31H,3-7,9-17,30H2,1-2H3,(H,34,35). The predicted octanol–water partition coefficient (Wildman–Crippen LogP) is 3.55. The number of hydrogen-bond acceptors (Lipinski definition) is 9. The molecular weight excluding hydrogens is 474 g/mol. The van der Waals surface area contributed by atoms with Crippen molar-refractivity contribution in [2.24, 2.45) is 22.1 Å². The summed E-state index contributed by atoms with van der Waals surface area (Å²) in [5.41, 5.74) is 17.0. The molecule has 38 heavy (non-hydrogen) atoms. The number of nitrogens with two attached hydrogens (primary N) is 1. The average molecular weight is 518 g/mol. The van der Waals surface area contributed by atoms with E-state index in [1.165, 1.54) is 35.5 Å². The molecule has 6 aliphatic rings. The highest BCUT2D eigenvalue weighted by atomic mass is 15.6. The van der Waals surface area contributed by atoms with Crippen molar-refractivity contribution in [2.45, 2.75) is 76.9 Å². The third kappa shape index (κ3) is 4.05. The molecule has 1 aliphatic carbocycles. The van der Waals surface area contributed by atoms with Crippen LogP contribution >= 0.6 is 0 Å². The van der Waals surface area contributed by atoms with Crippen molar-refractivity contribution in [3.63, 3.8) is 0 Å². The Labute approximate surface area is 226 Å². The Morgan fingerprint density at radius 2 is 1.95 bits per heavy atom. The fourth-order valence-corrected chi connectivity index (χ4v) is 7.92. The SMILES string of the molecule is CC1CCC2(CCN(c3cnc4c(n3)NN(C)C4N3CCCC4=C3CCC(C3=CCNCC3)=N4)CC2)C1N. The van der Waals surface area contributed by atoms with Gasteiger partial charge in [-0.05, 0) is 81.2 Å². The van der Waals surface area contributed by atoms with Crippen molar-refractivity contribution >= 4 is 17.3 Å². The molecule has 0 amide bonds. The number of piperidine rings is 1. The molecule has 1 saturated carbocycles. The first-order valence-electron chi connectivity index (χ1n) is 14.9. The number of nitrogens with one attached hydrogen (secondary N) is 2. The average Bonchev–Trinajstić information content (AvgIpc) is 3.43. The molecule has 5 aliphatic heterocycles. The zero-order chi connectivity index (χ0) is 25.9. The molecule has 9 nitrogen and oxygen atoms in total. The fraction of sp³-hybridized carbons (Fsp3) is 0.690. The highest BCUT2D eigenvalue weighted by Crippen LogP contribution is 2.48. The van der Waals surface area contributed by atoms with Gasteiger partial charge in [-0.25, -0.2) is 9.97 Å². The van der Waals surface area contributed by atoms with Crippen molar-refractivity contribution in [1.82, 2.24) is 25.2 Å². The summed E-state index contributed by atoms with van der Waals surface area (Å²) in [7, 11) is 2.12. The number of aromatic nitrogens is 2. The zero-order valence-electron chi connectivity index (χ0n) is 23.0. The molecular formula is C29H43N9. The van der Waals surface area contributed by atoms with Crippen LogP contribution in [0.5, 0.6) is 0 Å². The number of rotatable bonds is 3. The smallest absolute Gasteiger partial charge is 0.168 e. The van der Waals surface area contributed by atoms with Gasteiger partial charge in [0.15, 0.2) is 5.82 Å². The second-order valence-electron chi connectivity index (χ2n) is 12.4. The van der Waals surface area contributed by atoms with E-state index < -0.39 is 0 Å². The number of allylic oxidation sites excluding steroid dienone is 2. The summed E-state index contributed by atoms with van der Waals surface area (Å²) in [6, 6.07) is 0.340. The van der Waals surface area contributed by atoms with Gasteiger partial charge < -0.3 is 20.9 Å². The van der Waals surface area contributed by atoms with Crippen LogP contribution in [-0.2, 0) is 0 Å². The van der Waals surface area contributed by atoms with Crippen molar-refractivity contribution in [3.8, 4) is 0 Å². The van der Waals surface area contributed by atoms with Crippen LogP contribution in [0.4, 0.5) is 11.6 Å². The molecule has 1 spiro atoms. The highest BCUT2D eigenvalue weighted by molar-refractivity contribution is 6.01. The van der Waals surface area contributed by atoms with Crippen LogP contribution < -0.4 is 21.4 Å². The van der Waals surface area contributed by atoms with Gasteiger partial charge in [-0.3, -0.25) is 10.4 Å². The van der Waals surface area contributed by atoms with Gasteiger partial charge in [-0.15, -0.1) is 0 Å². The zero-order valence-corrected chi connectivity index (χ0v) is 23.0. The van der Waals surface area contributed by atoms with Gasteiger partial charge in [0.2, 0.25) is 0 Å². The first-order chi connectivity index (χ1) is 18.5. The molecule has 1 saturated heterocycles. The Bertz CT molecular complexity index is 1180. The van der Waals surface area contributed by atoms with E-state index in [1.807, 2.05) is 6.20 Å². The lowest BCUT2D eigenvalue weighted by molar-refractivity contribution is 0.107. The topological polar surface area (TPSA) is 97.9 Å². The molecule has 6 heterocycles. The van der Waals surface area contributed by atoms with Gasteiger partial charge in [-0.1, -0.05) is 13.0 Å². The van der Waals surface area contributed by atoms with Gasteiger partial charge >= 0.3 is 0 Å². The van der Waals surface area contributed by atoms with E-state index in [9.17, 15) is 0 Å². The first-order valence-corrected chi connectivity index (χ1v) is 14.9.